The van der Waals surface area contributed by atoms with Gasteiger partial charge in [-0.2, -0.15) is 0 Å². The predicted molar refractivity (Wildman–Crippen MR) is 125 cm³/mol. The molecule has 2 N–H and O–H groups in total. The third-order valence-electron chi connectivity index (χ3n) is 11.5. The van der Waals surface area contributed by atoms with E-state index in [2.05, 4.69) is 41.5 Å². The maximum absolute atomic E-state index is 11.1. The Labute approximate surface area is 186 Å². The van der Waals surface area contributed by atoms with Crippen LogP contribution in [0.5, 0.6) is 0 Å². The Morgan fingerprint density at radius 3 is 1.17 bits per heavy atom. The van der Waals surface area contributed by atoms with Gasteiger partial charge in [0.05, 0.1) is 11.2 Å². The van der Waals surface area contributed by atoms with E-state index in [1.165, 1.54) is 77.0 Å². The highest BCUT2D eigenvalue weighted by Gasteiger charge is 2.63. The van der Waals surface area contributed by atoms with Gasteiger partial charge >= 0.3 is 0 Å². The lowest BCUT2D eigenvalue weighted by molar-refractivity contribution is -0.226. The molecule has 4 bridgehead atoms. The minimum Gasteiger partial charge on any atom is -0.390 e. The third kappa shape index (κ3) is 3.60. The molecule has 2 heteroatoms. The molecule has 6 saturated carbocycles. The van der Waals surface area contributed by atoms with Gasteiger partial charge in [0, 0.05) is 0 Å². The average Bonchev–Trinajstić information content (AvgIpc) is 2.64. The van der Waals surface area contributed by atoms with Gasteiger partial charge in [0.2, 0.25) is 0 Å². The lowest BCUT2D eigenvalue weighted by Gasteiger charge is -2.65. The molecular weight excluding hydrogens is 368 g/mol. The number of aliphatic hydroxyl groups is 2. The molecule has 8 atom stereocenters. The summed E-state index contributed by atoms with van der Waals surface area (Å²) in [4.78, 5) is 0. The summed E-state index contributed by atoms with van der Waals surface area (Å²) in [7, 11) is 0. The van der Waals surface area contributed by atoms with Crippen molar-refractivity contribution in [1.82, 2.24) is 0 Å². The van der Waals surface area contributed by atoms with Gasteiger partial charge in [0.15, 0.2) is 0 Å². The van der Waals surface area contributed by atoms with Gasteiger partial charge in [0.1, 0.15) is 0 Å². The van der Waals surface area contributed by atoms with Crippen molar-refractivity contribution in [2.45, 2.75) is 130 Å². The zero-order valence-corrected chi connectivity index (χ0v) is 20.8. The Kier molecular flexibility index (Phi) is 5.97. The summed E-state index contributed by atoms with van der Waals surface area (Å²) < 4.78 is 0. The van der Waals surface area contributed by atoms with Crippen molar-refractivity contribution < 1.29 is 10.2 Å². The van der Waals surface area contributed by atoms with Crippen molar-refractivity contribution in [1.29, 1.82) is 0 Å². The first-order valence-corrected chi connectivity index (χ1v) is 13.3. The van der Waals surface area contributed by atoms with E-state index < -0.39 is 11.2 Å². The molecule has 30 heavy (non-hydrogen) atoms. The smallest absolute Gasteiger partial charge is 0.0681 e. The molecule has 0 aliphatic heterocycles. The van der Waals surface area contributed by atoms with Crippen molar-refractivity contribution in [2.24, 2.45) is 46.3 Å². The van der Waals surface area contributed by atoms with E-state index in [1.54, 1.807) is 0 Å². The fourth-order valence-electron chi connectivity index (χ4n) is 8.86. The van der Waals surface area contributed by atoms with Crippen LogP contribution in [-0.4, -0.2) is 21.4 Å². The van der Waals surface area contributed by atoms with Crippen molar-refractivity contribution in [2.75, 3.05) is 0 Å². The zero-order chi connectivity index (χ0) is 21.9. The Bertz CT molecular complexity index is 562. The van der Waals surface area contributed by atoms with Crippen molar-refractivity contribution in [3.05, 3.63) is 0 Å². The first kappa shape index (κ1) is 23.1. The predicted octanol–water partition coefficient (Wildman–Crippen LogP) is 6.97. The summed E-state index contributed by atoms with van der Waals surface area (Å²) >= 11 is 0. The minimum absolute atomic E-state index is 0.360. The third-order valence-corrected chi connectivity index (χ3v) is 11.5. The number of unbranched alkanes of at least 4 members (excludes halogenated alkanes) is 5. The van der Waals surface area contributed by atoms with E-state index in [-0.39, 0.29) is 0 Å². The molecule has 6 fully saturated rings. The lowest BCUT2D eigenvalue weighted by Crippen LogP contribution is -2.64. The van der Waals surface area contributed by atoms with Crippen LogP contribution in [0.3, 0.4) is 0 Å². The monoisotopic (exact) mass is 418 g/mol. The van der Waals surface area contributed by atoms with Crippen LogP contribution in [0.4, 0.5) is 0 Å². The van der Waals surface area contributed by atoms with Crippen LogP contribution in [0.2, 0.25) is 0 Å². The van der Waals surface area contributed by atoms with E-state index in [0.29, 0.717) is 34.5 Å². The first-order valence-electron chi connectivity index (χ1n) is 13.3. The van der Waals surface area contributed by atoms with E-state index in [1.807, 2.05) is 0 Å². The van der Waals surface area contributed by atoms with Crippen LogP contribution in [0, 0.1) is 46.3 Å². The molecule has 8 unspecified atom stereocenters. The standard InChI is InChI=1S/C28H50O2/c1-25(2)21-15-19(27(5,29)23(25)17-21)13-11-9-7-8-10-12-14-20-16-22-18-24(26(22,3)4)28(20,6)30/h19-24,29-30H,7-18H2,1-6H3. The molecule has 2 nitrogen and oxygen atoms in total. The molecule has 6 aliphatic carbocycles. The second-order valence-electron chi connectivity index (χ2n) is 13.6. The van der Waals surface area contributed by atoms with Crippen molar-refractivity contribution in [3.8, 4) is 0 Å². The molecule has 0 radical (unpaired) electrons. The molecule has 0 aromatic carbocycles. The number of hydrogen-bond acceptors (Lipinski definition) is 2. The van der Waals surface area contributed by atoms with Crippen LogP contribution in [0.15, 0.2) is 0 Å². The fourth-order valence-corrected chi connectivity index (χ4v) is 8.86. The zero-order valence-electron chi connectivity index (χ0n) is 20.8. The molecular formula is C28H50O2. The SMILES string of the molecule is CC1(C)C2CC(CCCCCCCCC3CC4CC(C4(C)C)C3(C)O)C(C)(O)C1C2. The summed E-state index contributed by atoms with van der Waals surface area (Å²) in [5.41, 5.74) is -0.159. The maximum atomic E-state index is 11.1. The number of rotatable bonds is 9. The van der Waals surface area contributed by atoms with Gasteiger partial charge in [-0.25, -0.2) is 0 Å². The van der Waals surface area contributed by atoms with Gasteiger partial charge in [-0.1, -0.05) is 66.2 Å². The maximum Gasteiger partial charge on any atom is 0.0681 e. The molecule has 0 saturated heterocycles. The van der Waals surface area contributed by atoms with Gasteiger partial charge in [-0.05, 0) is 98.7 Å². The van der Waals surface area contributed by atoms with E-state index in [4.69, 9.17) is 0 Å². The Morgan fingerprint density at radius 2 is 0.867 bits per heavy atom. The molecule has 0 heterocycles. The van der Waals surface area contributed by atoms with Gasteiger partial charge in [-0.15, -0.1) is 0 Å². The lowest BCUT2D eigenvalue weighted by atomic mass is 9.41. The molecule has 174 valence electrons. The Hall–Kier alpha value is -0.0800. The van der Waals surface area contributed by atoms with Crippen molar-refractivity contribution >= 4 is 0 Å². The summed E-state index contributed by atoms with van der Waals surface area (Å²) in [5, 5.41) is 22.3. The molecule has 0 amide bonds. The van der Waals surface area contributed by atoms with Gasteiger partial charge < -0.3 is 10.2 Å². The van der Waals surface area contributed by atoms with Crippen LogP contribution < -0.4 is 0 Å². The summed E-state index contributed by atoms with van der Waals surface area (Å²) in [6.07, 6.45) is 15.3. The second-order valence-corrected chi connectivity index (χ2v) is 13.6. The van der Waals surface area contributed by atoms with Gasteiger partial charge in [0.25, 0.3) is 0 Å². The Balaban J connectivity index is 1.08. The average molecular weight is 419 g/mol. The van der Waals surface area contributed by atoms with E-state index >= 15 is 0 Å². The normalized spacial score (nSPS) is 48.0. The topological polar surface area (TPSA) is 40.5 Å². The van der Waals surface area contributed by atoms with Crippen LogP contribution >= 0.6 is 0 Å². The van der Waals surface area contributed by atoms with E-state index in [9.17, 15) is 10.2 Å². The highest BCUT2D eigenvalue weighted by atomic mass is 16.3. The summed E-state index contributed by atoms with van der Waals surface area (Å²) in [5.74, 6) is 3.78. The Morgan fingerprint density at radius 1 is 0.533 bits per heavy atom. The van der Waals surface area contributed by atoms with Crippen LogP contribution in [0.1, 0.15) is 119 Å². The summed E-state index contributed by atoms with van der Waals surface area (Å²) in [6.45, 7) is 13.7. The van der Waals surface area contributed by atoms with E-state index in [0.717, 1.165) is 11.8 Å². The molecule has 0 aromatic heterocycles. The number of hydrogen-bond donors (Lipinski definition) is 2. The molecule has 0 spiro atoms. The minimum atomic E-state index is -0.440. The van der Waals surface area contributed by atoms with Gasteiger partial charge in [-0.3, -0.25) is 0 Å². The number of fused-ring (bicyclic) bond motifs is 4. The second kappa shape index (κ2) is 7.75. The first-order chi connectivity index (χ1) is 13.9. The highest BCUT2D eigenvalue weighted by Crippen LogP contribution is 2.66. The highest BCUT2D eigenvalue weighted by molar-refractivity contribution is 5.12. The molecule has 6 aliphatic rings. The summed E-state index contributed by atoms with van der Waals surface area (Å²) in [6, 6.07) is 0. The van der Waals surface area contributed by atoms with Crippen molar-refractivity contribution in [3.63, 3.8) is 0 Å². The molecule has 0 aromatic rings. The largest absolute Gasteiger partial charge is 0.390 e. The molecule has 6 rings (SSSR count). The quantitative estimate of drug-likeness (QED) is 0.397. The van der Waals surface area contributed by atoms with Crippen LogP contribution in [-0.2, 0) is 0 Å². The van der Waals surface area contributed by atoms with Crippen LogP contribution in [0.25, 0.3) is 0 Å². The fraction of sp³-hybridized carbons (Fsp3) is 1.00.